The van der Waals surface area contributed by atoms with E-state index in [9.17, 15) is 4.79 Å². The third-order valence-corrected chi connectivity index (χ3v) is 5.41. The van der Waals surface area contributed by atoms with E-state index in [1.54, 1.807) is 13.3 Å². The number of aromatic amines is 1. The zero-order valence-corrected chi connectivity index (χ0v) is 17.5. The number of hydrogen-bond acceptors (Lipinski definition) is 7. The number of ether oxygens (including phenoxy) is 1. The van der Waals surface area contributed by atoms with Gasteiger partial charge in [0, 0.05) is 30.9 Å². The van der Waals surface area contributed by atoms with E-state index in [-0.39, 0.29) is 5.56 Å². The molecule has 0 spiro atoms. The van der Waals surface area contributed by atoms with Gasteiger partial charge in [0.15, 0.2) is 0 Å². The van der Waals surface area contributed by atoms with Crippen molar-refractivity contribution in [2.45, 2.75) is 26.7 Å². The second kappa shape index (κ2) is 8.52. The number of methoxy groups -OCH3 is 1. The first-order valence-corrected chi connectivity index (χ1v) is 10.1. The van der Waals surface area contributed by atoms with Gasteiger partial charge in [0.2, 0.25) is 11.9 Å². The van der Waals surface area contributed by atoms with Crippen LogP contribution in [-0.2, 0) is 0 Å². The monoisotopic (exact) mass is 406 g/mol. The molecule has 2 aromatic heterocycles. The van der Waals surface area contributed by atoms with E-state index in [4.69, 9.17) is 9.72 Å². The molecular formula is C22H26N6O2. The summed E-state index contributed by atoms with van der Waals surface area (Å²) in [7, 11) is 1.60. The summed E-state index contributed by atoms with van der Waals surface area (Å²) < 4.78 is 5.35. The molecule has 1 saturated heterocycles. The highest BCUT2D eigenvalue weighted by Crippen LogP contribution is 2.27. The molecule has 0 atom stereocenters. The number of H-pyrrole nitrogens is 1. The summed E-state index contributed by atoms with van der Waals surface area (Å²) >= 11 is 0. The van der Waals surface area contributed by atoms with Crippen LogP contribution in [0.1, 0.15) is 25.5 Å². The third kappa shape index (κ3) is 4.27. The van der Waals surface area contributed by atoms with E-state index in [0.717, 1.165) is 49.1 Å². The Morgan fingerprint density at radius 1 is 1.20 bits per heavy atom. The topological polar surface area (TPSA) is 96.0 Å². The first-order chi connectivity index (χ1) is 14.5. The van der Waals surface area contributed by atoms with Crippen molar-refractivity contribution in [2.75, 3.05) is 30.4 Å². The highest BCUT2D eigenvalue weighted by molar-refractivity contribution is 5.66. The molecule has 1 aliphatic heterocycles. The summed E-state index contributed by atoms with van der Waals surface area (Å²) in [4.78, 5) is 31.0. The number of nitrogens with zero attached hydrogens (tertiary/aromatic N) is 4. The first kappa shape index (κ1) is 19.9. The van der Waals surface area contributed by atoms with Gasteiger partial charge in [0.1, 0.15) is 5.75 Å². The fraction of sp³-hybridized carbons (Fsp3) is 0.364. The smallest absolute Gasteiger partial charge is 0.252 e. The average molecular weight is 406 g/mol. The molecule has 0 bridgehead atoms. The molecule has 0 unspecified atom stereocenters. The van der Waals surface area contributed by atoms with Crippen molar-refractivity contribution in [3.05, 3.63) is 52.6 Å². The van der Waals surface area contributed by atoms with Gasteiger partial charge in [-0.3, -0.25) is 9.78 Å². The standard InChI is InChI=1S/C22H26N6O2/c1-14-8-10-28(11-9-14)22-23-13-16(15(2)24-22)18-12-20(29)27-21(26-18)25-17-6-4-5-7-19(17)30-3/h4-7,12-14H,8-11H2,1-3H3,(H2,25,26,27,29). The van der Waals surface area contributed by atoms with Crippen LogP contribution < -0.4 is 20.5 Å². The summed E-state index contributed by atoms with van der Waals surface area (Å²) in [6.45, 7) is 6.14. The van der Waals surface area contributed by atoms with Crippen LogP contribution in [0.2, 0.25) is 0 Å². The van der Waals surface area contributed by atoms with Crippen molar-refractivity contribution in [1.82, 2.24) is 19.9 Å². The second-order valence-electron chi connectivity index (χ2n) is 7.64. The quantitative estimate of drug-likeness (QED) is 0.669. The number of piperidine rings is 1. The van der Waals surface area contributed by atoms with Crippen molar-refractivity contribution in [3.8, 4) is 17.0 Å². The van der Waals surface area contributed by atoms with Gasteiger partial charge in [0.25, 0.3) is 5.56 Å². The number of aryl methyl sites for hydroxylation is 1. The molecule has 8 nitrogen and oxygen atoms in total. The van der Waals surface area contributed by atoms with Crippen LogP contribution in [0.4, 0.5) is 17.6 Å². The lowest BCUT2D eigenvalue weighted by atomic mass is 10.00. The second-order valence-corrected chi connectivity index (χ2v) is 7.64. The molecule has 2 N–H and O–H groups in total. The summed E-state index contributed by atoms with van der Waals surface area (Å²) in [6, 6.07) is 8.91. The Hall–Kier alpha value is -3.42. The van der Waals surface area contributed by atoms with Gasteiger partial charge in [-0.2, -0.15) is 0 Å². The Balaban J connectivity index is 1.62. The molecule has 3 heterocycles. The average Bonchev–Trinajstić information content (AvgIpc) is 2.74. The van der Waals surface area contributed by atoms with Crippen LogP contribution >= 0.6 is 0 Å². The minimum atomic E-state index is -0.258. The Labute approximate surface area is 175 Å². The number of para-hydroxylation sites is 2. The van der Waals surface area contributed by atoms with Crippen LogP contribution in [0, 0.1) is 12.8 Å². The molecule has 8 heteroatoms. The minimum Gasteiger partial charge on any atom is -0.495 e. The van der Waals surface area contributed by atoms with Gasteiger partial charge in [-0.1, -0.05) is 19.1 Å². The number of rotatable bonds is 5. The van der Waals surface area contributed by atoms with Gasteiger partial charge < -0.3 is 15.0 Å². The lowest BCUT2D eigenvalue weighted by Crippen LogP contribution is -2.34. The van der Waals surface area contributed by atoms with Gasteiger partial charge in [-0.15, -0.1) is 0 Å². The molecule has 3 aromatic rings. The van der Waals surface area contributed by atoms with E-state index >= 15 is 0 Å². The first-order valence-electron chi connectivity index (χ1n) is 10.1. The molecule has 30 heavy (non-hydrogen) atoms. The molecule has 1 fully saturated rings. The van der Waals surface area contributed by atoms with Crippen molar-refractivity contribution in [1.29, 1.82) is 0 Å². The zero-order chi connectivity index (χ0) is 21.1. The van der Waals surface area contributed by atoms with E-state index < -0.39 is 0 Å². The molecular weight excluding hydrogens is 380 g/mol. The summed E-state index contributed by atoms with van der Waals surface area (Å²) in [6.07, 6.45) is 4.06. The predicted molar refractivity (Wildman–Crippen MR) is 118 cm³/mol. The fourth-order valence-electron chi connectivity index (χ4n) is 3.60. The van der Waals surface area contributed by atoms with Gasteiger partial charge >= 0.3 is 0 Å². The lowest BCUT2D eigenvalue weighted by Gasteiger charge is -2.30. The van der Waals surface area contributed by atoms with Crippen LogP contribution in [0.3, 0.4) is 0 Å². The molecule has 1 aliphatic rings. The Bertz CT molecular complexity index is 1090. The van der Waals surface area contributed by atoms with Gasteiger partial charge in [-0.05, 0) is 37.8 Å². The van der Waals surface area contributed by atoms with Crippen molar-refractivity contribution < 1.29 is 4.74 Å². The Kier molecular flexibility index (Phi) is 5.65. The maximum absolute atomic E-state index is 12.3. The van der Waals surface area contributed by atoms with E-state index in [2.05, 4.69) is 32.1 Å². The molecule has 0 saturated carbocycles. The maximum Gasteiger partial charge on any atom is 0.252 e. The SMILES string of the molecule is COc1ccccc1Nc1nc(-c2cnc(N3CCC(C)CC3)nc2C)cc(=O)[nH]1. The van der Waals surface area contributed by atoms with Crippen LogP contribution in [0.5, 0.6) is 5.75 Å². The van der Waals surface area contributed by atoms with E-state index in [0.29, 0.717) is 23.1 Å². The number of benzene rings is 1. The number of hydrogen-bond donors (Lipinski definition) is 2. The molecule has 1 aromatic carbocycles. The Morgan fingerprint density at radius 3 is 2.70 bits per heavy atom. The highest BCUT2D eigenvalue weighted by Gasteiger charge is 2.19. The van der Waals surface area contributed by atoms with E-state index in [1.165, 1.54) is 6.07 Å². The number of anilines is 3. The summed E-state index contributed by atoms with van der Waals surface area (Å²) in [5.41, 5.74) is 2.50. The van der Waals surface area contributed by atoms with Crippen LogP contribution in [-0.4, -0.2) is 40.1 Å². The zero-order valence-electron chi connectivity index (χ0n) is 17.5. The van der Waals surface area contributed by atoms with E-state index in [1.807, 2.05) is 31.2 Å². The molecule has 0 aliphatic carbocycles. The largest absolute Gasteiger partial charge is 0.495 e. The van der Waals surface area contributed by atoms with Crippen LogP contribution in [0.25, 0.3) is 11.3 Å². The molecule has 0 amide bonds. The normalized spacial score (nSPS) is 14.6. The fourth-order valence-corrected chi connectivity index (χ4v) is 3.60. The van der Waals surface area contributed by atoms with Crippen molar-refractivity contribution >= 4 is 17.6 Å². The summed E-state index contributed by atoms with van der Waals surface area (Å²) in [5.74, 6) is 2.47. The third-order valence-electron chi connectivity index (χ3n) is 5.41. The number of nitrogens with one attached hydrogen (secondary N) is 2. The van der Waals surface area contributed by atoms with Gasteiger partial charge in [0.05, 0.1) is 24.2 Å². The minimum absolute atomic E-state index is 0.258. The van der Waals surface area contributed by atoms with Crippen molar-refractivity contribution in [3.63, 3.8) is 0 Å². The molecule has 4 rings (SSSR count). The molecule has 156 valence electrons. The maximum atomic E-state index is 12.3. The predicted octanol–water partition coefficient (Wildman–Crippen LogP) is 3.52. The summed E-state index contributed by atoms with van der Waals surface area (Å²) in [5, 5.41) is 3.12. The lowest BCUT2D eigenvalue weighted by molar-refractivity contribution is 0.417. The van der Waals surface area contributed by atoms with Gasteiger partial charge in [-0.25, -0.2) is 15.0 Å². The Morgan fingerprint density at radius 2 is 1.97 bits per heavy atom. The van der Waals surface area contributed by atoms with Crippen molar-refractivity contribution in [2.24, 2.45) is 5.92 Å². The number of aromatic nitrogens is 4. The molecule has 0 radical (unpaired) electrons. The highest BCUT2D eigenvalue weighted by atomic mass is 16.5. The van der Waals surface area contributed by atoms with Crippen LogP contribution in [0.15, 0.2) is 41.3 Å².